The molecule has 0 bridgehead atoms. The predicted molar refractivity (Wildman–Crippen MR) is 80.5 cm³/mol. The number of likely N-dealkylation sites (N-methyl/N-ethyl adjacent to an activating group) is 1. The van der Waals surface area contributed by atoms with Crippen molar-refractivity contribution in [2.24, 2.45) is 12.8 Å². The zero-order valence-electron chi connectivity index (χ0n) is 12.3. The first-order chi connectivity index (χ1) is 8.37. The highest BCUT2D eigenvalue weighted by atomic mass is 35.5. The fraction of sp³-hybridized carbons (Fsp3) is 0.769. The molecule has 1 aliphatic rings. The molecular formula is C13H26ClN5. The number of nitrogens with zero attached hydrogens (tertiary/aromatic N) is 4. The number of aromatic nitrogens is 2. The fourth-order valence-electron chi connectivity index (χ4n) is 2.63. The average molecular weight is 288 g/mol. The van der Waals surface area contributed by atoms with Crippen molar-refractivity contribution in [3.8, 4) is 0 Å². The number of hydrogen-bond donors (Lipinski definition) is 1. The van der Waals surface area contributed by atoms with Crippen molar-refractivity contribution >= 4 is 12.4 Å². The van der Waals surface area contributed by atoms with Gasteiger partial charge >= 0.3 is 0 Å². The largest absolute Gasteiger partial charge is 0.337 e. The summed E-state index contributed by atoms with van der Waals surface area (Å²) in [6.45, 7) is 8.25. The Kier molecular flexibility index (Phi) is 5.38. The number of imidazole rings is 1. The lowest BCUT2D eigenvalue weighted by molar-refractivity contribution is 0.0770. The molecule has 0 saturated carbocycles. The summed E-state index contributed by atoms with van der Waals surface area (Å²) in [5, 5.41) is 0. The third kappa shape index (κ3) is 4.18. The van der Waals surface area contributed by atoms with Crippen molar-refractivity contribution in [2.45, 2.75) is 25.4 Å². The van der Waals surface area contributed by atoms with Crippen molar-refractivity contribution in [3.63, 3.8) is 0 Å². The third-order valence-corrected chi connectivity index (χ3v) is 3.52. The number of piperazine rings is 1. The van der Waals surface area contributed by atoms with Crippen LogP contribution in [0, 0.1) is 0 Å². The first-order valence-electron chi connectivity index (χ1n) is 6.55. The van der Waals surface area contributed by atoms with E-state index in [1.165, 1.54) is 0 Å². The Bertz CT molecular complexity index is 398. The molecule has 1 aromatic rings. The van der Waals surface area contributed by atoms with Crippen LogP contribution in [0.4, 0.5) is 0 Å². The number of nitrogens with two attached hydrogens (primary N) is 1. The average Bonchev–Trinajstić information content (AvgIpc) is 2.65. The topological polar surface area (TPSA) is 50.3 Å². The standard InChI is InChI=1S/C13H25N5.ClH/c1-13(2,14)10-18-8-7-16(3)11(9-18)12-15-5-6-17(12)4;/h5-6,11H,7-10,14H2,1-4H3;1H. The van der Waals surface area contributed by atoms with Gasteiger partial charge in [-0.25, -0.2) is 4.98 Å². The van der Waals surface area contributed by atoms with Crippen LogP contribution in [0.2, 0.25) is 0 Å². The molecule has 0 aliphatic carbocycles. The Morgan fingerprint density at radius 1 is 1.37 bits per heavy atom. The van der Waals surface area contributed by atoms with Crippen molar-refractivity contribution in [1.82, 2.24) is 19.4 Å². The van der Waals surface area contributed by atoms with Gasteiger partial charge in [0, 0.05) is 51.2 Å². The van der Waals surface area contributed by atoms with Crippen molar-refractivity contribution in [1.29, 1.82) is 0 Å². The first-order valence-corrected chi connectivity index (χ1v) is 6.55. The Balaban J connectivity index is 0.00000180. The maximum absolute atomic E-state index is 6.12. The van der Waals surface area contributed by atoms with Crippen LogP contribution in [0.5, 0.6) is 0 Å². The molecular weight excluding hydrogens is 262 g/mol. The highest BCUT2D eigenvalue weighted by Crippen LogP contribution is 2.22. The first kappa shape index (κ1) is 16.4. The van der Waals surface area contributed by atoms with E-state index in [1.54, 1.807) is 0 Å². The number of rotatable bonds is 3. The second-order valence-electron chi connectivity index (χ2n) is 6.12. The Labute approximate surface area is 122 Å². The predicted octanol–water partition coefficient (Wildman–Crippen LogP) is 0.868. The second-order valence-corrected chi connectivity index (χ2v) is 6.12. The summed E-state index contributed by atoms with van der Waals surface area (Å²) in [6, 6.07) is 0.362. The molecule has 19 heavy (non-hydrogen) atoms. The van der Waals surface area contributed by atoms with Crippen LogP contribution in [-0.2, 0) is 7.05 Å². The molecule has 0 radical (unpaired) electrons. The van der Waals surface area contributed by atoms with Gasteiger partial charge in [0.15, 0.2) is 0 Å². The van der Waals surface area contributed by atoms with Crippen molar-refractivity contribution in [2.75, 3.05) is 33.2 Å². The zero-order chi connectivity index (χ0) is 13.3. The monoisotopic (exact) mass is 287 g/mol. The lowest BCUT2D eigenvalue weighted by atomic mass is 10.0. The second kappa shape index (κ2) is 6.22. The zero-order valence-corrected chi connectivity index (χ0v) is 13.2. The van der Waals surface area contributed by atoms with E-state index >= 15 is 0 Å². The summed E-state index contributed by atoms with van der Waals surface area (Å²) in [5.74, 6) is 1.14. The third-order valence-electron chi connectivity index (χ3n) is 3.52. The van der Waals surface area contributed by atoms with Gasteiger partial charge in [0.1, 0.15) is 5.82 Å². The molecule has 1 unspecified atom stereocenters. The van der Waals surface area contributed by atoms with E-state index in [0.717, 1.165) is 32.0 Å². The van der Waals surface area contributed by atoms with Gasteiger partial charge in [-0.3, -0.25) is 9.80 Å². The normalized spacial score (nSPS) is 22.3. The Hall–Kier alpha value is -0.620. The highest BCUT2D eigenvalue weighted by Gasteiger charge is 2.30. The van der Waals surface area contributed by atoms with Crippen LogP contribution in [0.1, 0.15) is 25.7 Å². The fourth-order valence-corrected chi connectivity index (χ4v) is 2.63. The molecule has 110 valence electrons. The van der Waals surface area contributed by atoms with Gasteiger partial charge in [-0.1, -0.05) is 0 Å². The molecule has 1 saturated heterocycles. The van der Waals surface area contributed by atoms with E-state index < -0.39 is 0 Å². The minimum Gasteiger partial charge on any atom is -0.337 e. The summed E-state index contributed by atoms with van der Waals surface area (Å²) in [4.78, 5) is 9.31. The maximum Gasteiger partial charge on any atom is 0.127 e. The Morgan fingerprint density at radius 2 is 2.05 bits per heavy atom. The van der Waals surface area contributed by atoms with Crippen LogP contribution in [0.3, 0.4) is 0 Å². The van der Waals surface area contributed by atoms with Crippen LogP contribution in [-0.4, -0.2) is 58.1 Å². The maximum atomic E-state index is 6.12. The minimum atomic E-state index is -0.137. The van der Waals surface area contributed by atoms with E-state index in [4.69, 9.17) is 5.73 Å². The summed E-state index contributed by atoms with van der Waals surface area (Å²) >= 11 is 0. The smallest absolute Gasteiger partial charge is 0.127 e. The summed E-state index contributed by atoms with van der Waals surface area (Å²) in [5.41, 5.74) is 5.98. The van der Waals surface area contributed by atoms with Crippen LogP contribution in [0.15, 0.2) is 12.4 Å². The molecule has 0 amide bonds. The molecule has 2 rings (SSSR count). The van der Waals surface area contributed by atoms with Gasteiger partial charge in [-0.15, -0.1) is 12.4 Å². The van der Waals surface area contributed by atoms with Gasteiger partial charge in [-0.2, -0.15) is 0 Å². The SMILES string of the molecule is CN1CCN(CC(C)(C)N)CC1c1nccn1C.Cl. The van der Waals surface area contributed by atoms with Crippen molar-refractivity contribution < 1.29 is 0 Å². The molecule has 1 aromatic heterocycles. The van der Waals surface area contributed by atoms with Gasteiger partial charge in [0.05, 0.1) is 6.04 Å². The summed E-state index contributed by atoms with van der Waals surface area (Å²) in [6.07, 6.45) is 3.88. The molecule has 1 atom stereocenters. The van der Waals surface area contributed by atoms with Gasteiger partial charge < -0.3 is 10.3 Å². The highest BCUT2D eigenvalue weighted by molar-refractivity contribution is 5.85. The lowest BCUT2D eigenvalue weighted by Crippen LogP contribution is -2.53. The molecule has 2 N–H and O–H groups in total. The van der Waals surface area contributed by atoms with E-state index in [-0.39, 0.29) is 17.9 Å². The molecule has 6 heteroatoms. The summed E-state index contributed by atoms with van der Waals surface area (Å²) < 4.78 is 2.11. The van der Waals surface area contributed by atoms with Crippen LogP contribution in [0.25, 0.3) is 0 Å². The van der Waals surface area contributed by atoms with E-state index in [0.29, 0.717) is 6.04 Å². The van der Waals surface area contributed by atoms with E-state index in [9.17, 15) is 0 Å². The molecule has 2 heterocycles. The number of hydrogen-bond acceptors (Lipinski definition) is 4. The van der Waals surface area contributed by atoms with E-state index in [1.807, 2.05) is 12.4 Å². The quantitative estimate of drug-likeness (QED) is 0.896. The molecule has 1 fully saturated rings. The molecule has 0 aromatic carbocycles. The Morgan fingerprint density at radius 3 is 2.58 bits per heavy atom. The van der Waals surface area contributed by atoms with Gasteiger partial charge in [0.25, 0.3) is 0 Å². The van der Waals surface area contributed by atoms with Gasteiger partial charge in [-0.05, 0) is 20.9 Å². The molecule has 1 aliphatic heterocycles. The molecule has 5 nitrogen and oxygen atoms in total. The van der Waals surface area contributed by atoms with Crippen molar-refractivity contribution in [3.05, 3.63) is 18.2 Å². The van der Waals surface area contributed by atoms with Gasteiger partial charge in [0.2, 0.25) is 0 Å². The van der Waals surface area contributed by atoms with Crippen LogP contribution < -0.4 is 5.73 Å². The lowest BCUT2D eigenvalue weighted by Gasteiger charge is -2.41. The molecule has 0 spiro atoms. The van der Waals surface area contributed by atoms with E-state index in [2.05, 4.69) is 47.3 Å². The summed E-state index contributed by atoms with van der Waals surface area (Å²) in [7, 11) is 4.23. The number of halogens is 1. The van der Waals surface area contributed by atoms with Crippen LogP contribution >= 0.6 is 12.4 Å². The number of aryl methyl sites for hydroxylation is 1. The minimum absolute atomic E-state index is 0.